The molecule has 0 amide bonds. The van der Waals surface area contributed by atoms with Gasteiger partial charge in [-0.1, -0.05) is 18.5 Å². The first-order valence-electron chi connectivity index (χ1n) is 6.15. The van der Waals surface area contributed by atoms with Crippen molar-refractivity contribution in [1.82, 2.24) is 5.32 Å². The van der Waals surface area contributed by atoms with E-state index in [1.165, 1.54) is 6.26 Å². The summed E-state index contributed by atoms with van der Waals surface area (Å²) in [6.07, 6.45) is 2.42. The van der Waals surface area contributed by atoms with Crippen LogP contribution in [0.3, 0.4) is 0 Å². The van der Waals surface area contributed by atoms with E-state index in [0.717, 1.165) is 24.1 Å². The van der Waals surface area contributed by atoms with Crippen molar-refractivity contribution in [3.05, 3.63) is 56.9 Å². The molecule has 6 heteroatoms. The van der Waals surface area contributed by atoms with Gasteiger partial charge in [-0.05, 0) is 52.7 Å². The van der Waals surface area contributed by atoms with Gasteiger partial charge in [0.1, 0.15) is 0 Å². The van der Waals surface area contributed by atoms with Crippen LogP contribution in [0.2, 0.25) is 5.02 Å². The van der Waals surface area contributed by atoms with Crippen LogP contribution in [-0.4, -0.2) is 6.54 Å². The Labute approximate surface area is 129 Å². The molecule has 20 heavy (non-hydrogen) atoms. The summed E-state index contributed by atoms with van der Waals surface area (Å²) >= 11 is 9.35. The van der Waals surface area contributed by atoms with Crippen LogP contribution >= 0.6 is 27.5 Å². The van der Waals surface area contributed by atoms with E-state index < -0.39 is 11.6 Å². The van der Waals surface area contributed by atoms with Crippen molar-refractivity contribution in [2.24, 2.45) is 0 Å². The Bertz CT molecular complexity index is 603. The lowest BCUT2D eigenvalue weighted by Crippen LogP contribution is -2.23. The van der Waals surface area contributed by atoms with E-state index in [1.807, 2.05) is 6.92 Å². The number of hydrogen-bond donors (Lipinski definition) is 1. The third kappa shape index (κ3) is 3.22. The molecule has 0 aliphatic carbocycles. The van der Waals surface area contributed by atoms with E-state index >= 15 is 0 Å². The molecule has 0 fully saturated rings. The summed E-state index contributed by atoms with van der Waals surface area (Å²) in [4.78, 5) is 0. The molecule has 0 saturated heterocycles. The predicted molar refractivity (Wildman–Crippen MR) is 77.9 cm³/mol. The van der Waals surface area contributed by atoms with Crippen LogP contribution in [0.1, 0.15) is 30.5 Å². The van der Waals surface area contributed by atoms with Gasteiger partial charge in [0.2, 0.25) is 0 Å². The van der Waals surface area contributed by atoms with Gasteiger partial charge in [0.15, 0.2) is 16.3 Å². The van der Waals surface area contributed by atoms with Crippen molar-refractivity contribution in [1.29, 1.82) is 0 Å². The zero-order valence-corrected chi connectivity index (χ0v) is 13.1. The van der Waals surface area contributed by atoms with Gasteiger partial charge in [-0.15, -0.1) is 0 Å². The lowest BCUT2D eigenvalue weighted by Gasteiger charge is -2.19. The second-order valence-electron chi connectivity index (χ2n) is 4.32. The molecule has 108 valence electrons. The monoisotopic (exact) mass is 363 g/mol. The van der Waals surface area contributed by atoms with Crippen molar-refractivity contribution >= 4 is 27.5 Å². The first-order valence-corrected chi connectivity index (χ1v) is 7.32. The fourth-order valence-electron chi connectivity index (χ4n) is 1.95. The maximum atomic E-state index is 13.5. The second kappa shape index (κ2) is 6.70. The molecule has 1 heterocycles. The van der Waals surface area contributed by atoms with Gasteiger partial charge >= 0.3 is 0 Å². The molecule has 1 N–H and O–H groups in total. The molecule has 2 nitrogen and oxygen atoms in total. The van der Waals surface area contributed by atoms with E-state index in [0.29, 0.717) is 16.8 Å². The number of benzene rings is 1. The predicted octanol–water partition coefficient (Wildman–Crippen LogP) is 5.06. The summed E-state index contributed by atoms with van der Waals surface area (Å²) in [5.74, 6) is -1.88. The van der Waals surface area contributed by atoms with Crippen LogP contribution < -0.4 is 5.32 Å². The first kappa shape index (κ1) is 15.5. The first-order chi connectivity index (χ1) is 9.54. The maximum absolute atomic E-state index is 13.5. The minimum absolute atomic E-state index is 0.172. The minimum Gasteiger partial charge on any atom is -0.457 e. The van der Waals surface area contributed by atoms with E-state index in [1.54, 1.807) is 6.07 Å². The van der Waals surface area contributed by atoms with Crippen LogP contribution in [0.4, 0.5) is 8.78 Å². The summed E-state index contributed by atoms with van der Waals surface area (Å²) in [7, 11) is 0. The Morgan fingerprint density at radius 1 is 1.30 bits per heavy atom. The van der Waals surface area contributed by atoms with Crippen molar-refractivity contribution in [3.8, 4) is 0 Å². The average Bonchev–Trinajstić information content (AvgIpc) is 2.82. The van der Waals surface area contributed by atoms with E-state index in [2.05, 4.69) is 21.2 Å². The Morgan fingerprint density at radius 2 is 2.00 bits per heavy atom. The van der Waals surface area contributed by atoms with Crippen molar-refractivity contribution in [2.75, 3.05) is 6.54 Å². The third-order valence-electron chi connectivity index (χ3n) is 2.91. The van der Waals surface area contributed by atoms with Gasteiger partial charge in [-0.25, -0.2) is 8.78 Å². The number of furan rings is 1. The van der Waals surface area contributed by atoms with Crippen molar-refractivity contribution in [2.45, 2.75) is 19.4 Å². The van der Waals surface area contributed by atoms with Gasteiger partial charge in [0, 0.05) is 10.6 Å². The highest BCUT2D eigenvalue weighted by molar-refractivity contribution is 9.10. The molecule has 2 aromatic rings. The number of nitrogens with one attached hydrogen (secondary N) is 1. The summed E-state index contributed by atoms with van der Waals surface area (Å²) in [5.41, 5.74) is 1.26. The number of hydrogen-bond acceptors (Lipinski definition) is 2. The molecule has 0 bridgehead atoms. The van der Waals surface area contributed by atoms with Crippen LogP contribution in [0.25, 0.3) is 0 Å². The minimum atomic E-state index is -0.959. The molecular formula is C14H13BrClF2NO. The van der Waals surface area contributed by atoms with E-state index in [9.17, 15) is 8.78 Å². The smallest absolute Gasteiger partial charge is 0.174 e. The van der Waals surface area contributed by atoms with Crippen molar-refractivity contribution < 1.29 is 13.2 Å². The van der Waals surface area contributed by atoms with E-state index in [4.69, 9.17) is 16.0 Å². The summed E-state index contributed by atoms with van der Waals surface area (Å²) in [6, 6.07) is 3.49. The van der Waals surface area contributed by atoms with Gasteiger partial charge in [0.05, 0.1) is 12.3 Å². The fourth-order valence-corrected chi connectivity index (χ4v) is 2.67. The van der Waals surface area contributed by atoms with Crippen LogP contribution in [-0.2, 0) is 0 Å². The highest BCUT2D eigenvalue weighted by atomic mass is 79.9. The van der Waals surface area contributed by atoms with Gasteiger partial charge in [0.25, 0.3) is 0 Å². The lowest BCUT2D eigenvalue weighted by atomic mass is 10.0. The average molecular weight is 365 g/mol. The van der Waals surface area contributed by atoms with Gasteiger partial charge < -0.3 is 9.73 Å². The van der Waals surface area contributed by atoms with Crippen LogP contribution in [0.5, 0.6) is 0 Å². The molecule has 2 rings (SSSR count). The van der Waals surface area contributed by atoms with Gasteiger partial charge in [-0.3, -0.25) is 0 Å². The molecule has 1 atom stereocenters. The molecule has 0 aliphatic rings. The molecule has 0 aliphatic heterocycles. The second-order valence-corrected chi connectivity index (χ2v) is 5.45. The van der Waals surface area contributed by atoms with Crippen LogP contribution in [0.15, 0.2) is 33.5 Å². The Balaban J connectivity index is 2.46. The highest BCUT2D eigenvalue weighted by Crippen LogP contribution is 2.34. The molecule has 1 unspecified atom stereocenters. The lowest BCUT2D eigenvalue weighted by molar-refractivity contribution is 0.500. The molecule has 0 saturated carbocycles. The third-order valence-corrected chi connectivity index (χ3v) is 3.88. The standard InChI is InChI=1S/C14H13BrClF2NO/c1-2-4-19-13(8-3-5-20-14(8)15)9-6-11(17)12(18)7-10(9)16/h3,5-7,13,19H,2,4H2,1H3. The quantitative estimate of drug-likeness (QED) is 0.750. The largest absolute Gasteiger partial charge is 0.457 e. The van der Waals surface area contributed by atoms with Crippen LogP contribution in [0, 0.1) is 11.6 Å². The van der Waals surface area contributed by atoms with Crippen molar-refractivity contribution in [3.63, 3.8) is 0 Å². The topological polar surface area (TPSA) is 25.2 Å². The normalized spacial score (nSPS) is 12.7. The zero-order chi connectivity index (χ0) is 14.7. The fraction of sp³-hybridized carbons (Fsp3) is 0.286. The molecule has 0 radical (unpaired) electrons. The molecular weight excluding hydrogens is 352 g/mol. The SMILES string of the molecule is CCCNC(c1cc(F)c(F)cc1Cl)c1ccoc1Br. The highest BCUT2D eigenvalue weighted by Gasteiger charge is 2.22. The Kier molecular flexibility index (Phi) is 5.18. The summed E-state index contributed by atoms with van der Waals surface area (Å²) < 4.78 is 32.4. The maximum Gasteiger partial charge on any atom is 0.174 e. The summed E-state index contributed by atoms with van der Waals surface area (Å²) in [5, 5.41) is 3.42. The molecule has 1 aromatic carbocycles. The molecule has 1 aromatic heterocycles. The zero-order valence-electron chi connectivity index (χ0n) is 10.7. The van der Waals surface area contributed by atoms with E-state index in [-0.39, 0.29) is 11.1 Å². The Hall–Kier alpha value is -0.910. The number of rotatable bonds is 5. The Morgan fingerprint density at radius 3 is 2.60 bits per heavy atom. The van der Waals surface area contributed by atoms with Gasteiger partial charge in [-0.2, -0.15) is 0 Å². The summed E-state index contributed by atoms with van der Waals surface area (Å²) in [6.45, 7) is 2.72. The number of halogens is 4. The molecule has 0 spiro atoms.